The maximum atomic E-state index is 9.13. The second-order valence-corrected chi connectivity index (χ2v) is 4.16. The van der Waals surface area contributed by atoms with Gasteiger partial charge in [-0.2, -0.15) is 0 Å². The normalized spacial score (nSPS) is 11.2. The van der Waals surface area contributed by atoms with Crippen molar-refractivity contribution in [3.8, 4) is 0 Å². The summed E-state index contributed by atoms with van der Waals surface area (Å²) in [5.41, 5.74) is 1.57. The number of nitrogens with one attached hydrogen (secondary N) is 2. The standard InChI is InChI=1S/C11H19N3O/c1-4-13-9-5-10(7-12-6-9)14-11(2,3)8-15/h5-7,13-15H,4,8H2,1-3H3. The van der Waals surface area contributed by atoms with Crippen LogP contribution in [0.5, 0.6) is 0 Å². The second kappa shape index (κ2) is 4.98. The number of aliphatic hydroxyl groups is 1. The molecule has 84 valence electrons. The van der Waals surface area contributed by atoms with Crippen LogP contribution in [0.25, 0.3) is 0 Å². The van der Waals surface area contributed by atoms with E-state index in [0.717, 1.165) is 17.9 Å². The fraction of sp³-hybridized carbons (Fsp3) is 0.545. The van der Waals surface area contributed by atoms with E-state index in [1.807, 2.05) is 26.8 Å². The number of hydrogen-bond acceptors (Lipinski definition) is 4. The van der Waals surface area contributed by atoms with E-state index in [0.29, 0.717) is 0 Å². The van der Waals surface area contributed by atoms with E-state index in [9.17, 15) is 0 Å². The highest BCUT2D eigenvalue weighted by Crippen LogP contribution is 2.17. The van der Waals surface area contributed by atoms with Crippen molar-refractivity contribution in [3.63, 3.8) is 0 Å². The Hall–Kier alpha value is -1.29. The molecule has 0 aliphatic carbocycles. The summed E-state index contributed by atoms with van der Waals surface area (Å²) in [4.78, 5) is 4.12. The molecule has 1 aromatic rings. The molecule has 4 nitrogen and oxygen atoms in total. The first kappa shape index (κ1) is 11.8. The van der Waals surface area contributed by atoms with Gasteiger partial charge in [-0.25, -0.2) is 0 Å². The molecule has 0 atom stereocenters. The van der Waals surface area contributed by atoms with Gasteiger partial charge in [-0.1, -0.05) is 0 Å². The van der Waals surface area contributed by atoms with E-state index in [4.69, 9.17) is 5.11 Å². The van der Waals surface area contributed by atoms with Gasteiger partial charge >= 0.3 is 0 Å². The van der Waals surface area contributed by atoms with Crippen LogP contribution in [0.3, 0.4) is 0 Å². The van der Waals surface area contributed by atoms with Gasteiger partial charge in [-0.05, 0) is 26.8 Å². The Morgan fingerprint density at radius 2 is 2.00 bits per heavy atom. The predicted molar refractivity (Wildman–Crippen MR) is 63.2 cm³/mol. The van der Waals surface area contributed by atoms with Crippen molar-refractivity contribution in [3.05, 3.63) is 18.5 Å². The van der Waals surface area contributed by atoms with Gasteiger partial charge < -0.3 is 15.7 Å². The Kier molecular flexibility index (Phi) is 3.91. The molecule has 1 heterocycles. The number of anilines is 2. The summed E-state index contributed by atoms with van der Waals surface area (Å²) < 4.78 is 0. The van der Waals surface area contributed by atoms with Crippen molar-refractivity contribution < 1.29 is 5.11 Å². The van der Waals surface area contributed by atoms with Gasteiger partial charge in [-0.3, -0.25) is 4.98 Å². The number of aliphatic hydroxyl groups excluding tert-OH is 1. The quantitative estimate of drug-likeness (QED) is 0.691. The molecule has 0 fully saturated rings. The second-order valence-electron chi connectivity index (χ2n) is 4.16. The molecule has 0 unspecified atom stereocenters. The summed E-state index contributed by atoms with van der Waals surface area (Å²) in [6.45, 7) is 6.87. The number of nitrogens with zero attached hydrogens (tertiary/aromatic N) is 1. The molecule has 0 aliphatic heterocycles. The van der Waals surface area contributed by atoms with Gasteiger partial charge in [0.15, 0.2) is 0 Å². The summed E-state index contributed by atoms with van der Waals surface area (Å²) in [6.07, 6.45) is 3.53. The van der Waals surface area contributed by atoms with Crippen molar-refractivity contribution in [1.82, 2.24) is 4.98 Å². The molecule has 0 saturated carbocycles. The van der Waals surface area contributed by atoms with Crippen molar-refractivity contribution in [1.29, 1.82) is 0 Å². The van der Waals surface area contributed by atoms with Gasteiger partial charge in [0.2, 0.25) is 0 Å². The smallest absolute Gasteiger partial charge is 0.0656 e. The average Bonchev–Trinajstić information content (AvgIpc) is 2.18. The summed E-state index contributed by atoms with van der Waals surface area (Å²) in [5, 5.41) is 15.5. The SMILES string of the molecule is CCNc1cncc(NC(C)(C)CO)c1. The average molecular weight is 209 g/mol. The molecule has 1 rings (SSSR count). The number of hydrogen-bond donors (Lipinski definition) is 3. The number of aromatic nitrogens is 1. The molecule has 0 spiro atoms. The Morgan fingerprint density at radius 3 is 2.60 bits per heavy atom. The molecule has 0 radical (unpaired) electrons. The van der Waals surface area contributed by atoms with Gasteiger partial charge in [0.25, 0.3) is 0 Å². The number of rotatable bonds is 5. The molecule has 0 aromatic carbocycles. The molecular weight excluding hydrogens is 190 g/mol. The lowest BCUT2D eigenvalue weighted by atomic mass is 10.1. The van der Waals surface area contributed by atoms with Crippen LogP contribution in [-0.4, -0.2) is 28.8 Å². The molecular formula is C11H19N3O. The molecule has 0 aliphatic rings. The monoisotopic (exact) mass is 209 g/mol. The lowest BCUT2D eigenvalue weighted by Gasteiger charge is -2.24. The topological polar surface area (TPSA) is 57.2 Å². The van der Waals surface area contributed by atoms with E-state index in [1.54, 1.807) is 12.4 Å². The summed E-state index contributed by atoms with van der Waals surface area (Å²) in [7, 11) is 0. The maximum absolute atomic E-state index is 9.13. The minimum absolute atomic E-state index is 0.0818. The third-order valence-corrected chi connectivity index (χ3v) is 2.00. The zero-order valence-electron chi connectivity index (χ0n) is 9.54. The third-order valence-electron chi connectivity index (χ3n) is 2.00. The maximum Gasteiger partial charge on any atom is 0.0656 e. The summed E-state index contributed by atoms with van der Waals surface area (Å²) in [6, 6.07) is 1.98. The molecule has 0 saturated heterocycles. The van der Waals surface area contributed by atoms with Crippen LogP contribution in [0.1, 0.15) is 20.8 Å². The van der Waals surface area contributed by atoms with E-state index in [-0.39, 0.29) is 12.1 Å². The van der Waals surface area contributed by atoms with E-state index < -0.39 is 0 Å². The zero-order valence-corrected chi connectivity index (χ0v) is 9.54. The molecule has 4 heteroatoms. The minimum Gasteiger partial charge on any atom is -0.394 e. The van der Waals surface area contributed by atoms with Crippen molar-refractivity contribution in [2.45, 2.75) is 26.3 Å². The van der Waals surface area contributed by atoms with Crippen LogP contribution in [0.2, 0.25) is 0 Å². The Bertz CT molecular complexity index is 312. The highest BCUT2D eigenvalue weighted by molar-refractivity contribution is 5.54. The highest BCUT2D eigenvalue weighted by Gasteiger charge is 2.15. The molecule has 15 heavy (non-hydrogen) atoms. The fourth-order valence-corrected chi connectivity index (χ4v) is 1.24. The molecule has 0 amide bonds. The van der Waals surface area contributed by atoms with E-state index in [2.05, 4.69) is 15.6 Å². The van der Waals surface area contributed by atoms with Crippen LogP contribution >= 0.6 is 0 Å². The van der Waals surface area contributed by atoms with Gasteiger partial charge in [0.05, 0.1) is 35.9 Å². The first-order valence-corrected chi connectivity index (χ1v) is 5.15. The van der Waals surface area contributed by atoms with Crippen LogP contribution in [0.4, 0.5) is 11.4 Å². The van der Waals surface area contributed by atoms with Crippen LogP contribution in [-0.2, 0) is 0 Å². The van der Waals surface area contributed by atoms with Crippen LogP contribution in [0.15, 0.2) is 18.5 Å². The largest absolute Gasteiger partial charge is 0.394 e. The first-order valence-electron chi connectivity index (χ1n) is 5.15. The van der Waals surface area contributed by atoms with Crippen LogP contribution < -0.4 is 10.6 Å². The first-order chi connectivity index (χ1) is 7.07. The lowest BCUT2D eigenvalue weighted by molar-refractivity contribution is 0.234. The lowest BCUT2D eigenvalue weighted by Crippen LogP contribution is -2.34. The summed E-state index contributed by atoms with van der Waals surface area (Å²) >= 11 is 0. The molecule has 1 aromatic heterocycles. The van der Waals surface area contributed by atoms with E-state index in [1.165, 1.54) is 0 Å². The van der Waals surface area contributed by atoms with Gasteiger partial charge in [0.1, 0.15) is 0 Å². The highest BCUT2D eigenvalue weighted by atomic mass is 16.3. The fourth-order valence-electron chi connectivity index (χ4n) is 1.24. The zero-order chi connectivity index (χ0) is 11.3. The Balaban J connectivity index is 2.73. The number of pyridine rings is 1. The Labute approximate surface area is 90.7 Å². The van der Waals surface area contributed by atoms with E-state index >= 15 is 0 Å². The van der Waals surface area contributed by atoms with Crippen molar-refractivity contribution in [2.24, 2.45) is 0 Å². The van der Waals surface area contributed by atoms with Gasteiger partial charge in [-0.15, -0.1) is 0 Å². The molecule has 0 bridgehead atoms. The third kappa shape index (κ3) is 3.75. The minimum atomic E-state index is -0.327. The summed E-state index contributed by atoms with van der Waals surface area (Å²) in [5.74, 6) is 0. The Morgan fingerprint density at radius 1 is 1.33 bits per heavy atom. The van der Waals surface area contributed by atoms with Gasteiger partial charge in [0, 0.05) is 6.54 Å². The van der Waals surface area contributed by atoms with Crippen molar-refractivity contribution >= 4 is 11.4 Å². The van der Waals surface area contributed by atoms with Crippen LogP contribution in [0, 0.1) is 0 Å². The predicted octanol–water partition coefficient (Wildman–Crippen LogP) is 1.70. The van der Waals surface area contributed by atoms with Crippen molar-refractivity contribution in [2.75, 3.05) is 23.8 Å². The molecule has 3 N–H and O–H groups in total.